The van der Waals surface area contributed by atoms with Crippen LogP contribution in [0.4, 0.5) is 0 Å². The highest BCUT2D eigenvalue weighted by Crippen LogP contribution is 2.18. The molecule has 1 N–H and O–H groups in total. The van der Waals surface area contributed by atoms with Gasteiger partial charge in [-0.25, -0.2) is 4.79 Å². The van der Waals surface area contributed by atoms with E-state index in [1.165, 1.54) is 11.3 Å². The lowest BCUT2D eigenvalue weighted by Gasteiger charge is -1.87. The minimum absolute atomic E-state index is 0.168. The summed E-state index contributed by atoms with van der Waals surface area (Å²) in [4.78, 5) is 10.5. The Hall–Kier alpha value is -1.53. The molecule has 0 aliphatic carbocycles. The van der Waals surface area contributed by atoms with Gasteiger partial charge in [0.2, 0.25) is 0 Å². The fourth-order valence-corrected chi connectivity index (χ4v) is 1.69. The third kappa shape index (κ3) is 1.03. The molecule has 1 aromatic carbocycles. The Balaban J connectivity index is 2.68. The second kappa shape index (κ2) is 2.50. The largest absolute Gasteiger partial charge is 0.477 e. The number of carboxylic acid groups (broad SMARTS) is 1. The number of thiophene rings is 1. The van der Waals surface area contributed by atoms with Crippen LogP contribution in [0, 0.1) is 12.1 Å². The molecule has 0 aliphatic heterocycles. The van der Waals surface area contributed by atoms with E-state index in [-0.39, 0.29) is 5.56 Å². The maximum atomic E-state index is 10.5. The van der Waals surface area contributed by atoms with E-state index in [1.54, 1.807) is 6.07 Å². The summed E-state index contributed by atoms with van der Waals surface area (Å²) in [6.45, 7) is 0. The Morgan fingerprint density at radius 3 is 3.08 bits per heavy atom. The van der Waals surface area contributed by atoms with Crippen molar-refractivity contribution in [3.63, 3.8) is 0 Å². The Bertz CT molecular complexity index is 431. The van der Waals surface area contributed by atoms with E-state index in [4.69, 9.17) is 5.11 Å². The van der Waals surface area contributed by atoms with Gasteiger partial charge >= 0.3 is 5.97 Å². The molecule has 0 amide bonds. The molecule has 0 saturated carbocycles. The Labute approximate surface area is 73.1 Å². The third-order valence-electron chi connectivity index (χ3n) is 1.54. The third-order valence-corrected chi connectivity index (χ3v) is 2.38. The van der Waals surface area contributed by atoms with Gasteiger partial charge in [-0.2, -0.15) is 0 Å². The van der Waals surface area contributed by atoms with Crippen molar-refractivity contribution in [3.8, 4) is 0 Å². The molecular formula is C9H4O2S. The molecule has 0 radical (unpaired) electrons. The van der Waals surface area contributed by atoms with Crippen LogP contribution in [-0.4, -0.2) is 11.1 Å². The summed E-state index contributed by atoms with van der Waals surface area (Å²) in [6, 6.07) is 8.85. The smallest absolute Gasteiger partial charge is 0.344 e. The number of carbonyl (C=O) groups is 1. The van der Waals surface area contributed by atoms with Crippen molar-refractivity contribution in [2.75, 3.05) is 0 Å². The lowest BCUT2D eigenvalue weighted by Crippen LogP contribution is -1.93. The molecule has 2 aromatic rings. The van der Waals surface area contributed by atoms with Crippen molar-refractivity contribution in [2.45, 2.75) is 0 Å². The van der Waals surface area contributed by atoms with Gasteiger partial charge in [-0.3, -0.25) is 0 Å². The number of aromatic carboxylic acids is 1. The van der Waals surface area contributed by atoms with Crippen molar-refractivity contribution >= 4 is 27.4 Å². The van der Waals surface area contributed by atoms with Crippen LogP contribution in [-0.2, 0) is 0 Å². The minimum atomic E-state index is -0.959. The summed E-state index contributed by atoms with van der Waals surface area (Å²) in [5.41, 5.74) is 0.168. The van der Waals surface area contributed by atoms with E-state index in [0.29, 0.717) is 0 Å². The van der Waals surface area contributed by atoms with Crippen LogP contribution in [0.5, 0.6) is 0 Å². The topological polar surface area (TPSA) is 37.3 Å². The molecule has 1 heterocycles. The first-order valence-electron chi connectivity index (χ1n) is 3.32. The van der Waals surface area contributed by atoms with Crippen molar-refractivity contribution < 1.29 is 9.90 Å². The summed E-state index contributed by atoms with van der Waals surface area (Å²) in [6.07, 6.45) is 0. The van der Waals surface area contributed by atoms with Crippen LogP contribution in [0.25, 0.3) is 10.1 Å². The molecule has 1 aromatic heterocycles. The molecule has 0 bridgehead atoms. The minimum Gasteiger partial charge on any atom is -0.477 e. The van der Waals surface area contributed by atoms with Gasteiger partial charge < -0.3 is 5.11 Å². The van der Waals surface area contributed by atoms with Gasteiger partial charge in [-0.05, 0) is 23.6 Å². The molecule has 0 saturated heterocycles. The normalized spacial score (nSPS) is 9.67. The fraction of sp³-hybridized carbons (Fsp3) is 0. The van der Waals surface area contributed by atoms with Crippen molar-refractivity contribution in [1.29, 1.82) is 0 Å². The van der Waals surface area contributed by atoms with E-state index in [0.717, 1.165) is 10.1 Å². The standard InChI is InChI=1S/C9H4O2S/c10-9(11)7-1-2-8-6(5-7)3-4-12-8/h3-5H,(H,10,11). The first-order valence-corrected chi connectivity index (χ1v) is 4.20. The zero-order valence-corrected chi connectivity index (χ0v) is 6.81. The second-order valence-corrected chi connectivity index (χ2v) is 3.23. The number of carboxylic acids is 1. The van der Waals surface area contributed by atoms with Gasteiger partial charge in [0.05, 0.1) is 4.70 Å². The molecule has 2 nitrogen and oxygen atoms in total. The SMILES string of the molecule is O=C(O)c1c#cc2sccc2c1. The van der Waals surface area contributed by atoms with Crippen LogP contribution in [0.3, 0.4) is 0 Å². The van der Waals surface area contributed by atoms with E-state index in [1.807, 2.05) is 11.4 Å². The molecule has 12 heavy (non-hydrogen) atoms. The van der Waals surface area contributed by atoms with E-state index < -0.39 is 5.97 Å². The lowest BCUT2D eigenvalue weighted by atomic mass is 10.2. The van der Waals surface area contributed by atoms with Crippen molar-refractivity contribution in [3.05, 3.63) is 35.2 Å². The van der Waals surface area contributed by atoms with Crippen LogP contribution in [0.2, 0.25) is 0 Å². The van der Waals surface area contributed by atoms with E-state index in [2.05, 4.69) is 12.1 Å². The van der Waals surface area contributed by atoms with E-state index in [9.17, 15) is 4.79 Å². The summed E-state index contributed by atoms with van der Waals surface area (Å²) < 4.78 is 0.944. The van der Waals surface area contributed by atoms with Gasteiger partial charge in [0.15, 0.2) is 0 Å². The van der Waals surface area contributed by atoms with Gasteiger partial charge in [0.25, 0.3) is 0 Å². The predicted octanol–water partition coefficient (Wildman–Crippen LogP) is 2.20. The highest BCUT2D eigenvalue weighted by atomic mass is 32.1. The maximum Gasteiger partial charge on any atom is 0.344 e. The maximum absolute atomic E-state index is 10.5. The number of fused-ring (bicyclic) bond motifs is 1. The summed E-state index contributed by atoms with van der Waals surface area (Å²) >= 11 is 1.53. The van der Waals surface area contributed by atoms with Gasteiger partial charge in [-0.15, -0.1) is 11.3 Å². The average Bonchev–Trinajstić information content (AvgIpc) is 2.49. The Morgan fingerprint density at radius 1 is 1.50 bits per heavy atom. The summed E-state index contributed by atoms with van der Waals surface area (Å²) in [7, 11) is 0. The van der Waals surface area contributed by atoms with Crippen molar-refractivity contribution in [1.82, 2.24) is 0 Å². The first-order chi connectivity index (χ1) is 5.77. The van der Waals surface area contributed by atoms with Gasteiger partial charge in [-0.1, -0.05) is 6.07 Å². The molecule has 0 atom stereocenters. The molecule has 0 spiro atoms. The molecule has 0 unspecified atom stereocenters. The van der Waals surface area contributed by atoms with Crippen molar-refractivity contribution in [2.24, 2.45) is 0 Å². The molecule has 2 rings (SSSR count). The van der Waals surface area contributed by atoms with Crippen LogP contribution < -0.4 is 0 Å². The van der Waals surface area contributed by atoms with E-state index >= 15 is 0 Å². The lowest BCUT2D eigenvalue weighted by molar-refractivity contribution is 0.0697. The molecule has 0 aliphatic rings. The number of hydrogen-bond acceptors (Lipinski definition) is 2. The van der Waals surface area contributed by atoms with Crippen LogP contribution in [0.15, 0.2) is 17.5 Å². The zero-order chi connectivity index (χ0) is 8.55. The van der Waals surface area contributed by atoms with Gasteiger partial charge in [0.1, 0.15) is 5.56 Å². The fourth-order valence-electron chi connectivity index (χ4n) is 0.965. The predicted molar refractivity (Wildman–Crippen MR) is 46.5 cm³/mol. The highest BCUT2D eigenvalue weighted by molar-refractivity contribution is 7.17. The zero-order valence-electron chi connectivity index (χ0n) is 6.00. The number of rotatable bonds is 1. The summed E-state index contributed by atoms with van der Waals surface area (Å²) in [5.74, 6) is -0.959. The van der Waals surface area contributed by atoms with Gasteiger partial charge in [0, 0.05) is 5.39 Å². The summed E-state index contributed by atoms with van der Waals surface area (Å²) in [5, 5.41) is 11.5. The van der Waals surface area contributed by atoms with Crippen LogP contribution >= 0.6 is 11.3 Å². The monoisotopic (exact) mass is 176 g/mol. The Kier molecular flexibility index (Phi) is 1.49. The molecule has 3 heteroatoms. The molecule has 0 fully saturated rings. The molecule has 58 valence electrons. The quantitative estimate of drug-likeness (QED) is 0.723. The number of hydrogen-bond donors (Lipinski definition) is 1. The average molecular weight is 176 g/mol. The molecular weight excluding hydrogens is 172 g/mol. The van der Waals surface area contributed by atoms with Crippen LogP contribution in [0.1, 0.15) is 10.4 Å². The second-order valence-electron chi connectivity index (χ2n) is 2.32. The highest BCUT2D eigenvalue weighted by Gasteiger charge is 2.02. The first kappa shape index (κ1) is 7.14. The Morgan fingerprint density at radius 2 is 2.33 bits per heavy atom.